The van der Waals surface area contributed by atoms with Gasteiger partial charge in [-0.2, -0.15) is 0 Å². The van der Waals surface area contributed by atoms with Gasteiger partial charge in [-0.1, -0.05) is 11.8 Å². The number of hydrogen-bond acceptors (Lipinski definition) is 7. The van der Waals surface area contributed by atoms with Gasteiger partial charge in [0.15, 0.2) is 5.16 Å². The number of aryl methyl sites for hydroxylation is 4. The summed E-state index contributed by atoms with van der Waals surface area (Å²) in [5.41, 5.74) is 2.10. The molecule has 4 heterocycles. The van der Waals surface area contributed by atoms with Gasteiger partial charge < -0.3 is 4.98 Å². The summed E-state index contributed by atoms with van der Waals surface area (Å²) in [6.07, 6.45) is 3.14. The number of fused-ring (bicyclic) bond motifs is 4. The summed E-state index contributed by atoms with van der Waals surface area (Å²) >= 11 is 4.64. The first-order valence-electron chi connectivity index (χ1n) is 9.53. The molecule has 0 aromatic carbocycles. The smallest absolute Gasteiger partial charge is 0.262 e. The molecule has 29 heavy (non-hydrogen) atoms. The lowest BCUT2D eigenvalue weighted by molar-refractivity contribution is 0.723. The van der Waals surface area contributed by atoms with Gasteiger partial charge in [-0.25, -0.2) is 9.97 Å². The summed E-state index contributed by atoms with van der Waals surface area (Å²) in [6.45, 7) is 5.94. The third-order valence-electron chi connectivity index (χ3n) is 5.63. The van der Waals surface area contributed by atoms with Crippen molar-refractivity contribution in [3.05, 3.63) is 47.4 Å². The zero-order valence-electron chi connectivity index (χ0n) is 16.6. The van der Waals surface area contributed by atoms with E-state index < -0.39 is 0 Å². The summed E-state index contributed by atoms with van der Waals surface area (Å²) in [5, 5.41) is 1.97. The molecule has 0 aliphatic heterocycles. The van der Waals surface area contributed by atoms with Crippen LogP contribution in [-0.4, -0.2) is 19.5 Å². The second-order valence-electron chi connectivity index (χ2n) is 7.47. The lowest BCUT2D eigenvalue weighted by Crippen LogP contribution is -2.20. The Morgan fingerprint density at radius 2 is 1.86 bits per heavy atom. The molecule has 6 nitrogen and oxygen atoms in total. The van der Waals surface area contributed by atoms with Gasteiger partial charge in [0.2, 0.25) is 0 Å². The van der Waals surface area contributed by atoms with E-state index in [4.69, 9.17) is 9.97 Å². The molecule has 4 aromatic heterocycles. The van der Waals surface area contributed by atoms with Crippen molar-refractivity contribution in [3.63, 3.8) is 0 Å². The third kappa shape index (κ3) is 2.90. The van der Waals surface area contributed by atoms with Crippen molar-refractivity contribution in [2.75, 3.05) is 0 Å². The molecule has 0 saturated heterocycles. The highest BCUT2D eigenvalue weighted by Gasteiger charge is 2.24. The normalized spacial score (nSPS) is 14.8. The topological polar surface area (TPSA) is 80.6 Å². The van der Waals surface area contributed by atoms with Crippen LogP contribution in [0, 0.1) is 13.8 Å². The van der Waals surface area contributed by atoms with Crippen LogP contribution in [0.1, 0.15) is 45.3 Å². The van der Waals surface area contributed by atoms with Gasteiger partial charge in [0.25, 0.3) is 11.1 Å². The van der Waals surface area contributed by atoms with E-state index in [-0.39, 0.29) is 16.4 Å². The Kier molecular flexibility index (Phi) is 4.45. The van der Waals surface area contributed by atoms with E-state index in [0.717, 1.165) is 44.8 Å². The molecule has 4 aromatic rings. The number of aromatic amines is 1. The van der Waals surface area contributed by atoms with Gasteiger partial charge in [-0.05, 0) is 51.2 Å². The van der Waals surface area contributed by atoms with Crippen LogP contribution in [0.15, 0.2) is 14.7 Å². The van der Waals surface area contributed by atoms with Crippen LogP contribution in [-0.2, 0) is 19.9 Å². The second kappa shape index (κ2) is 6.78. The lowest BCUT2D eigenvalue weighted by Gasteiger charge is -2.13. The van der Waals surface area contributed by atoms with Crippen molar-refractivity contribution in [2.45, 2.75) is 50.4 Å². The number of thiophene rings is 2. The number of thioether (sulfide) groups is 1. The highest BCUT2D eigenvalue weighted by molar-refractivity contribution is 7.99. The largest absolute Gasteiger partial charge is 0.309 e. The molecule has 1 aliphatic rings. The number of rotatable bonds is 3. The quantitative estimate of drug-likeness (QED) is 0.377. The van der Waals surface area contributed by atoms with E-state index >= 15 is 0 Å². The fourth-order valence-electron chi connectivity index (χ4n) is 3.89. The summed E-state index contributed by atoms with van der Waals surface area (Å²) in [7, 11) is 1.77. The number of H-pyrrole nitrogens is 1. The minimum absolute atomic E-state index is 0.0190. The molecule has 0 radical (unpaired) electrons. The Hall–Kier alpha value is -1.97. The molecule has 9 heteroatoms. The van der Waals surface area contributed by atoms with E-state index in [1.807, 2.05) is 20.8 Å². The molecule has 0 bridgehead atoms. The van der Waals surface area contributed by atoms with Gasteiger partial charge >= 0.3 is 0 Å². The molecule has 0 spiro atoms. The summed E-state index contributed by atoms with van der Waals surface area (Å²) < 4.78 is 1.63. The van der Waals surface area contributed by atoms with Crippen molar-refractivity contribution in [1.29, 1.82) is 0 Å². The molecule has 150 valence electrons. The molecule has 1 unspecified atom stereocenters. The molecule has 1 atom stereocenters. The first-order chi connectivity index (χ1) is 13.8. The SMILES string of the molecule is Cc1sc2nc(C(C)Sc3nc4sc5c(c4c(=O)n3C)CCC5)[nH]c(=O)c2c1C. The highest BCUT2D eigenvalue weighted by Crippen LogP contribution is 2.38. The van der Waals surface area contributed by atoms with E-state index in [1.165, 1.54) is 22.2 Å². The van der Waals surface area contributed by atoms with E-state index in [1.54, 1.807) is 34.3 Å². The maximum atomic E-state index is 13.0. The van der Waals surface area contributed by atoms with Crippen LogP contribution in [0.3, 0.4) is 0 Å². The van der Waals surface area contributed by atoms with Gasteiger partial charge in [-0.3, -0.25) is 14.2 Å². The summed E-state index contributed by atoms with van der Waals surface area (Å²) in [6, 6.07) is 0. The molecule has 0 fully saturated rings. The number of aromatic nitrogens is 4. The van der Waals surface area contributed by atoms with Crippen LogP contribution in [0.25, 0.3) is 20.4 Å². The third-order valence-corrected chi connectivity index (χ3v) is 9.07. The molecular formula is C20H20N4O2S3. The Morgan fingerprint density at radius 1 is 1.10 bits per heavy atom. The predicted octanol–water partition coefficient (Wildman–Crippen LogP) is 4.25. The average Bonchev–Trinajstić information content (AvgIpc) is 3.33. The Bertz CT molecular complexity index is 1410. The molecule has 1 aliphatic carbocycles. The van der Waals surface area contributed by atoms with Crippen molar-refractivity contribution in [1.82, 2.24) is 19.5 Å². The van der Waals surface area contributed by atoms with Crippen molar-refractivity contribution >= 4 is 54.9 Å². The van der Waals surface area contributed by atoms with Crippen LogP contribution >= 0.6 is 34.4 Å². The van der Waals surface area contributed by atoms with Crippen molar-refractivity contribution < 1.29 is 0 Å². The number of nitrogens with one attached hydrogen (secondary N) is 1. The first-order valence-corrected chi connectivity index (χ1v) is 12.0. The fraction of sp³-hybridized carbons (Fsp3) is 0.400. The van der Waals surface area contributed by atoms with Crippen LogP contribution < -0.4 is 11.1 Å². The summed E-state index contributed by atoms with van der Waals surface area (Å²) in [4.78, 5) is 42.0. The van der Waals surface area contributed by atoms with Crippen LogP contribution in [0.4, 0.5) is 0 Å². The Labute approximate surface area is 179 Å². The zero-order chi connectivity index (χ0) is 20.4. The summed E-state index contributed by atoms with van der Waals surface area (Å²) in [5.74, 6) is 0.608. The first kappa shape index (κ1) is 19.0. The molecule has 1 N–H and O–H groups in total. The lowest BCUT2D eigenvalue weighted by atomic mass is 10.2. The van der Waals surface area contributed by atoms with Crippen LogP contribution in [0.2, 0.25) is 0 Å². The van der Waals surface area contributed by atoms with Gasteiger partial charge in [-0.15, -0.1) is 22.7 Å². The molecule has 0 amide bonds. The minimum Gasteiger partial charge on any atom is -0.309 e. The Morgan fingerprint density at radius 3 is 2.66 bits per heavy atom. The molecular weight excluding hydrogens is 424 g/mol. The van der Waals surface area contributed by atoms with E-state index in [9.17, 15) is 9.59 Å². The standard InChI is InChI=1S/C20H20N4O2S3/c1-8-9(2)27-17-13(8)16(25)21-15(22-17)10(3)28-20-23-18-14(19(26)24(20)4)11-6-5-7-12(11)29-18/h10H,5-7H2,1-4H3,(H,21,22,25). The average molecular weight is 445 g/mol. The fourth-order valence-corrected chi connectivity index (χ4v) is 7.16. The van der Waals surface area contributed by atoms with Gasteiger partial charge in [0, 0.05) is 16.8 Å². The minimum atomic E-state index is -0.142. The predicted molar refractivity (Wildman–Crippen MR) is 121 cm³/mol. The molecule has 0 saturated carbocycles. The number of hydrogen-bond donors (Lipinski definition) is 1. The maximum absolute atomic E-state index is 13.0. The number of nitrogens with zero attached hydrogens (tertiary/aromatic N) is 3. The second-order valence-corrected chi connectivity index (χ2v) is 11.1. The van der Waals surface area contributed by atoms with E-state index in [0.29, 0.717) is 16.4 Å². The van der Waals surface area contributed by atoms with E-state index in [2.05, 4.69) is 4.98 Å². The molecule has 5 rings (SSSR count). The van der Waals surface area contributed by atoms with Gasteiger partial charge in [0.1, 0.15) is 15.5 Å². The Balaban J connectivity index is 1.56. The van der Waals surface area contributed by atoms with Crippen LogP contribution in [0.5, 0.6) is 0 Å². The highest BCUT2D eigenvalue weighted by atomic mass is 32.2. The van der Waals surface area contributed by atoms with Gasteiger partial charge in [0.05, 0.1) is 16.0 Å². The van der Waals surface area contributed by atoms with Crippen molar-refractivity contribution in [3.8, 4) is 0 Å². The monoisotopic (exact) mass is 444 g/mol. The zero-order valence-corrected chi connectivity index (χ0v) is 19.0. The van der Waals surface area contributed by atoms with Crippen molar-refractivity contribution in [2.24, 2.45) is 7.05 Å². The maximum Gasteiger partial charge on any atom is 0.262 e.